The molecule has 0 amide bonds. The number of phenolic OH excluding ortho intramolecular Hbond substituents is 1. The first-order chi connectivity index (χ1) is 7.59. The number of phenols is 1. The van der Waals surface area contributed by atoms with E-state index in [2.05, 4.69) is 5.10 Å². The van der Waals surface area contributed by atoms with E-state index in [1.807, 2.05) is 0 Å². The van der Waals surface area contributed by atoms with Gasteiger partial charge >= 0.3 is 0 Å². The van der Waals surface area contributed by atoms with Gasteiger partial charge in [-0.1, -0.05) is 12.1 Å². The van der Waals surface area contributed by atoms with Crippen LogP contribution in [0.4, 0.5) is 0 Å². The van der Waals surface area contributed by atoms with Gasteiger partial charge in [0.05, 0.1) is 5.56 Å². The second-order valence-corrected chi connectivity index (χ2v) is 3.44. The van der Waals surface area contributed by atoms with E-state index in [4.69, 9.17) is 0 Å². The van der Waals surface area contributed by atoms with Crippen molar-refractivity contribution < 1.29 is 9.90 Å². The van der Waals surface area contributed by atoms with Crippen LogP contribution in [0.1, 0.15) is 16.1 Å². The van der Waals surface area contributed by atoms with Crippen molar-refractivity contribution in [2.45, 2.75) is 6.92 Å². The largest absolute Gasteiger partial charge is 0.507 e. The second kappa shape index (κ2) is 3.69. The van der Waals surface area contributed by atoms with Crippen LogP contribution in [0.5, 0.6) is 5.75 Å². The van der Waals surface area contributed by atoms with Gasteiger partial charge in [-0.3, -0.25) is 14.7 Å². The van der Waals surface area contributed by atoms with Gasteiger partial charge in [-0.05, 0) is 19.1 Å². The van der Waals surface area contributed by atoms with Gasteiger partial charge in [-0.25, -0.2) is 0 Å². The van der Waals surface area contributed by atoms with Gasteiger partial charge in [0.15, 0.2) is 0 Å². The number of nitrogens with zero attached hydrogens (tertiary/aromatic N) is 1. The molecular weight excluding hydrogens is 208 g/mol. The molecule has 82 valence electrons. The maximum atomic E-state index is 11.9. The predicted octanol–water partition coefficient (Wildman–Crippen LogP) is 0.879. The van der Waals surface area contributed by atoms with Crippen LogP contribution in [0.15, 0.2) is 35.1 Å². The minimum Gasteiger partial charge on any atom is -0.507 e. The Bertz CT molecular complexity index is 595. The van der Waals surface area contributed by atoms with E-state index in [1.165, 1.54) is 18.2 Å². The lowest BCUT2D eigenvalue weighted by atomic mass is 10.2. The highest BCUT2D eigenvalue weighted by atomic mass is 16.3. The zero-order valence-corrected chi connectivity index (χ0v) is 8.60. The molecule has 2 rings (SSSR count). The Morgan fingerprint density at radius 2 is 2.06 bits per heavy atom. The molecule has 2 aromatic rings. The van der Waals surface area contributed by atoms with Crippen LogP contribution in [0, 0.1) is 6.92 Å². The summed E-state index contributed by atoms with van der Waals surface area (Å²) in [6.07, 6.45) is 0. The third kappa shape index (κ3) is 1.63. The number of nitrogens with one attached hydrogen (secondary N) is 1. The van der Waals surface area contributed by atoms with Crippen LogP contribution in [-0.4, -0.2) is 20.8 Å². The normalized spacial score (nSPS) is 10.3. The molecule has 0 atom stereocenters. The van der Waals surface area contributed by atoms with Gasteiger partial charge in [0.25, 0.3) is 11.5 Å². The summed E-state index contributed by atoms with van der Waals surface area (Å²) in [6, 6.07) is 7.40. The first-order valence-electron chi connectivity index (χ1n) is 4.71. The summed E-state index contributed by atoms with van der Waals surface area (Å²) in [6.45, 7) is 1.68. The number of hydrogen-bond acceptors (Lipinski definition) is 3. The minimum absolute atomic E-state index is 0.0893. The molecule has 0 aliphatic heterocycles. The third-order valence-corrected chi connectivity index (χ3v) is 2.19. The Hall–Kier alpha value is -2.30. The number of rotatable bonds is 1. The van der Waals surface area contributed by atoms with E-state index in [9.17, 15) is 14.7 Å². The predicted molar refractivity (Wildman–Crippen MR) is 57.6 cm³/mol. The molecule has 5 nitrogen and oxygen atoms in total. The summed E-state index contributed by atoms with van der Waals surface area (Å²) >= 11 is 0. The minimum atomic E-state index is -0.573. The number of H-pyrrole nitrogens is 1. The molecule has 0 unspecified atom stereocenters. The van der Waals surface area contributed by atoms with Crippen molar-refractivity contribution in [3.05, 3.63) is 51.9 Å². The monoisotopic (exact) mass is 218 g/mol. The lowest BCUT2D eigenvalue weighted by molar-refractivity contribution is 0.0938. The summed E-state index contributed by atoms with van der Waals surface area (Å²) in [5.74, 6) is -0.720. The topological polar surface area (TPSA) is 75.1 Å². The third-order valence-electron chi connectivity index (χ3n) is 2.19. The van der Waals surface area contributed by atoms with Crippen LogP contribution in [0.25, 0.3) is 0 Å². The molecule has 0 spiro atoms. The Morgan fingerprint density at radius 3 is 2.62 bits per heavy atom. The molecule has 0 aliphatic carbocycles. The Balaban J connectivity index is 2.52. The molecule has 0 fully saturated rings. The fourth-order valence-corrected chi connectivity index (χ4v) is 1.44. The van der Waals surface area contributed by atoms with E-state index in [1.54, 1.807) is 19.1 Å². The van der Waals surface area contributed by atoms with E-state index < -0.39 is 11.5 Å². The van der Waals surface area contributed by atoms with Gasteiger partial charge in [0, 0.05) is 11.8 Å². The van der Waals surface area contributed by atoms with Crippen molar-refractivity contribution in [3.8, 4) is 5.75 Å². The molecule has 0 saturated carbocycles. The number of hydrogen-bond donors (Lipinski definition) is 2. The average molecular weight is 218 g/mol. The quantitative estimate of drug-likeness (QED) is 0.746. The summed E-state index contributed by atoms with van der Waals surface area (Å²) < 4.78 is 0.865. The number of carbonyl (C=O) groups is 1. The lowest BCUT2D eigenvalue weighted by Crippen LogP contribution is -2.24. The first-order valence-corrected chi connectivity index (χ1v) is 4.71. The van der Waals surface area contributed by atoms with Gasteiger partial charge < -0.3 is 5.11 Å². The number of aromatic hydroxyl groups is 1. The first kappa shape index (κ1) is 10.2. The Kier molecular flexibility index (Phi) is 2.36. The van der Waals surface area contributed by atoms with Gasteiger partial charge in [0.1, 0.15) is 5.75 Å². The number of aromatic nitrogens is 2. The number of aromatic amines is 1. The maximum absolute atomic E-state index is 11.9. The van der Waals surface area contributed by atoms with Crippen molar-refractivity contribution in [2.24, 2.45) is 0 Å². The zero-order valence-electron chi connectivity index (χ0n) is 8.60. The number of aryl methyl sites for hydroxylation is 1. The summed E-state index contributed by atoms with van der Waals surface area (Å²) in [4.78, 5) is 23.3. The highest BCUT2D eigenvalue weighted by Gasteiger charge is 2.15. The highest BCUT2D eigenvalue weighted by molar-refractivity contribution is 5.97. The molecule has 1 aromatic carbocycles. The van der Waals surface area contributed by atoms with Crippen molar-refractivity contribution in [2.75, 3.05) is 0 Å². The molecule has 16 heavy (non-hydrogen) atoms. The van der Waals surface area contributed by atoms with E-state index in [-0.39, 0.29) is 11.3 Å². The fraction of sp³-hybridized carbons (Fsp3) is 0.0909. The van der Waals surface area contributed by atoms with E-state index >= 15 is 0 Å². The Labute approximate surface area is 90.9 Å². The summed E-state index contributed by atoms with van der Waals surface area (Å²) in [5, 5.41) is 12.1. The fourth-order valence-electron chi connectivity index (χ4n) is 1.44. The van der Waals surface area contributed by atoms with Crippen molar-refractivity contribution >= 4 is 5.91 Å². The lowest BCUT2D eigenvalue weighted by Gasteiger charge is -2.02. The van der Waals surface area contributed by atoms with E-state index in [0.29, 0.717) is 5.69 Å². The molecule has 1 heterocycles. The van der Waals surface area contributed by atoms with Crippen LogP contribution < -0.4 is 5.56 Å². The SMILES string of the molecule is Cc1cc(=O)n(C(=O)c2ccccc2O)[nH]1. The Morgan fingerprint density at radius 1 is 1.38 bits per heavy atom. The molecule has 2 N–H and O–H groups in total. The van der Waals surface area contributed by atoms with Gasteiger partial charge in [0.2, 0.25) is 0 Å². The van der Waals surface area contributed by atoms with Crippen molar-refractivity contribution in [1.29, 1.82) is 0 Å². The molecule has 1 aromatic heterocycles. The number of carbonyl (C=O) groups excluding carboxylic acids is 1. The van der Waals surface area contributed by atoms with Crippen LogP contribution in [0.3, 0.4) is 0 Å². The number of para-hydroxylation sites is 1. The van der Waals surface area contributed by atoms with Gasteiger partial charge in [-0.15, -0.1) is 0 Å². The maximum Gasteiger partial charge on any atom is 0.283 e. The summed E-state index contributed by atoms with van der Waals surface area (Å²) in [7, 11) is 0. The standard InChI is InChI=1S/C11H10N2O3/c1-7-6-10(15)13(12-7)11(16)8-4-2-3-5-9(8)14/h2-6,12,14H,1H3. The molecular formula is C11H10N2O3. The number of benzene rings is 1. The van der Waals surface area contributed by atoms with Crippen LogP contribution >= 0.6 is 0 Å². The van der Waals surface area contributed by atoms with Crippen molar-refractivity contribution in [3.63, 3.8) is 0 Å². The molecule has 5 heteroatoms. The zero-order chi connectivity index (χ0) is 11.7. The summed E-state index contributed by atoms with van der Waals surface area (Å²) in [5.41, 5.74) is 0.242. The van der Waals surface area contributed by atoms with Crippen LogP contribution in [-0.2, 0) is 0 Å². The second-order valence-electron chi connectivity index (χ2n) is 3.44. The highest BCUT2D eigenvalue weighted by Crippen LogP contribution is 2.15. The molecule has 0 aliphatic rings. The smallest absolute Gasteiger partial charge is 0.283 e. The molecule has 0 saturated heterocycles. The molecule has 0 bridgehead atoms. The van der Waals surface area contributed by atoms with Crippen molar-refractivity contribution in [1.82, 2.24) is 9.78 Å². The average Bonchev–Trinajstić information content (AvgIpc) is 2.58. The van der Waals surface area contributed by atoms with Crippen LogP contribution in [0.2, 0.25) is 0 Å². The van der Waals surface area contributed by atoms with E-state index in [0.717, 1.165) is 4.68 Å². The molecule has 0 radical (unpaired) electrons. The van der Waals surface area contributed by atoms with Gasteiger partial charge in [-0.2, -0.15) is 4.68 Å².